The van der Waals surface area contributed by atoms with Crippen LogP contribution in [-0.4, -0.2) is 43.4 Å². The van der Waals surface area contributed by atoms with Crippen molar-refractivity contribution in [3.8, 4) is 0 Å². The second-order valence-electron chi connectivity index (χ2n) is 4.89. The van der Waals surface area contributed by atoms with Crippen molar-refractivity contribution in [2.24, 2.45) is 5.92 Å². The summed E-state index contributed by atoms with van der Waals surface area (Å²) in [5.41, 5.74) is 5.79. The summed E-state index contributed by atoms with van der Waals surface area (Å²) >= 11 is 0. The van der Waals surface area contributed by atoms with Crippen LogP contribution in [0.2, 0.25) is 0 Å². The summed E-state index contributed by atoms with van der Waals surface area (Å²) in [7, 11) is -3.53. The van der Waals surface area contributed by atoms with Crippen molar-refractivity contribution < 1.29 is 21.6 Å². The van der Waals surface area contributed by atoms with E-state index in [9.17, 15) is 21.6 Å². The Balaban J connectivity index is 1.97. The zero-order valence-electron chi connectivity index (χ0n) is 10.2. The number of hydrogen-bond donors (Lipinski definition) is 1. The van der Waals surface area contributed by atoms with Crippen molar-refractivity contribution in [2.75, 3.05) is 29.5 Å². The van der Waals surface area contributed by atoms with Crippen LogP contribution in [0.15, 0.2) is 4.90 Å². The molecule has 3 heterocycles. The molecule has 3 rings (SSSR count). The minimum Gasteiger partial charge on any atom is -0.368 e. The van der Waals surface area contributed by atoms with Gasteiger partial charge in [0.2, 0.25) is 5.95 Å². The third-order valence-electron chi connectivity index (χ3n) is 3.50. The smallest absolute Gasteiger partial charge is 0.368 e. The van der Waals surface area contributed by atoms with Gasteiger partial charge >= 0.3 is 6.18 Å². The maximum absolute atomic E-state index is 12.5. The molecule has 20 heavy (non-hydrogen) atoms. The molecule has 1 aromatic heterocycles. The molecule has 0 atom stereocenters. The number of nitrogens with two attached hydrogens (primary N) is 1. The van der Waals surface area contributed by atoms with Crippen LogP contribution in [0.5, 0.6) is 0 Å². The number of fused-ring (bicyclic) bond motifs is 1. The number of anilines is 2. The van der Waals surface area contributed by atoms with Crippen LogP contribution >= 0.6 is 0 Å². The summed E-state index contributed by atoms with van der Waals surface area (Å²) < 4.78 is 61.4. The van der Waals surface area contributed by atoms with Gasteiger partial charge in [-0.1, -0.05) is 0 Å². The number of nitrogens with zero attached hydrogens (tertiary/aromatic N) is 3. The fraction of sp³-hybridized carbons (Fsp3) is 0.600. The molecule has 2 aliphatic rings. The van der Waals surface area contributed by atoms with E-state index in [2.05, 4.69) is 9.97 Å². The van der Waals surface area contributed by atoms with Crippen molar-refractivity contribution in [3.05, 3.63) is 5.69 Å². The van der Waals surface area contributed by atoms with E-state index in [1.807, 2.05) is 0 Å². The third-order valence-corrected chi connectivity index (χ3v) is 5.28. The molecule has 2 N–H and O–H groups in total. The van der Waals surface area contributed by atoms with Gasteiger partial charge < -0.3 is 10.6 Å². The number of aromatic nitrogens is 2. The molecular weight excluding hydrogens is 297 g/mol. The Morgan fingerprint density at radius 3 is 2.50 bits per heavy atom. The van der Waals surface area contributed by atoms with Crippen LogP contribution in [0.4, 0.5) is 24.9 Å². The lowest BCUT2D eigenvalue weighted by molar-refractivity contribution is -0.180. The van der Waals surface area contributed by atoms with Crippen molar-refractivity contribution in [3.63, 3.8) is 0 Å². The van der Waals surface area contributed by atoms with E-state index in [0.717, 1.165) is 0 Å². The minimum atomic E-state index is -4.28. The highest BCUT2D eigenvalue weighted by Crippen LogP contribution is 2.40. The zero-order valence-corrected chi connectivity index (χ0v) is 11.0. The van der Waals surface area contributed by atoms with E-state index >= 15 is 0 Å². The van der Waals surface area contributed by atoms with E-state index in [0.29, 0.717) is 5.69 Å². The Hall–Kier alpha value is -1.58. The molecule has 0 aromatic carbocycles. The lowest BCUT2D eigenvalue weighted by Gasteiger charge is -2.41. The molecule has 0 spiro atoms. The van der Waals surface area contributed by atoms with Crippen molar-refractivity contribution in [1.29, 1.82) is 0 Å². The largest absolute Gasteiger partial charge is 0.395 e. The van der Waals surface area contributed by atoms with Gasteiger partial charge in [0, 0.05) is 19.5 Å². The van der Waals surface area contributed by atoms with Gasteiger partial charge in [0.1, 0.15) is 4.90 Å². The van der Waals surface area contributed by atoms with Crippen LogP contribution in [0.1, 0.15) is 5.69 Å². The summed E-state index contributed by atoms with van der Waals surface area (Å²) in [6, 6.07) is 0. The number of halogens is 3. The van der Waals surface area contributed by atoms with E-state index in [-0.39, 0.29) is 41.9 Å². The molecule has 1 aromatic rings. The van der Waals surface area contributed by atoms with E-state index in [4.69, 9.17) is 5.73 Å². The number of hydrogen-bond acceptors (Lipinski definition) is 6. The molecule has 1 fully saturated rings. The highest BCUT2D eigenvalue weighted by Gasteiger charge is 2.49. The molecular formula is C10H11F3N4O2S. The molecule has 2 aliphatic heterocycles. The molecule has 1 saturated heterocycles. The van der Waals surface area contributed by atoms with Crippen molar-refractivity contribution >= 4 is 21.6 Å². The molecule has 110 valence electrons. The van der Waals surface area contributed by atoms with Crippen LogP contribution in [0, 0.1) is 5.92 Å². The Kier molecular flexibility index (Phi) is 2.66. The predicted molar refractivity (Wildman–Crippen MR) is 64.0 cm³/mol. The first-order chi connectivity index (χ1) is 9.18. The molecule has 0 aliphatic carbocycles. The van der Waals surface area contributed by atoms with Gasteiger partial charge in [0.05, 0.1) is 17.4 Å². The summed E-state index contributed by atoms with van der Waals surface area (Å²) in [4.78, 5) is 8.91. The van der Waals surface area contributed by atoms with E-state index in [1.54, 1.807) is 0 Å². The lowest BCUT2D eigenvalue weighted by Crippen LogP contribution is -2.54. The minimum absolute atomic E-state index is 0.00509. The fourth-order valence-corrected chi connectivity index (χ4v) is 4.02. The first-order valence-electron chi connectivity index (χ1n) is 5.89. The third kappa shape index (κ3) is 1.98. The molecule has 0 saturated carbocycles. The number of nitrogen functional groups attached to an aromatic ring is 1. The SMILES string of the molecule is Nc1nc2c(c(N3CC(C(F)(F)F)C3)n1)S(=O)(=O)CC2. The second-order valence-corrected chi connectivity index (χ2v) is 6.94. The number of sulfone groups is 1. The second kappa shape index (κ2) is 3.96. The maximum Gasteiger partial charge on any atom is 0.395 e. The molecule has 0 bridgehead atoms. The summed E-state index contributed by atoms with van der Waals surface area (Å²) in [6.45, 7) is -0.607. The van der Waals surface area contributed by atoms with Gasteiger partial charge in [-0.3, -0.25) is 0 Å². The molecule has 0 radical (unpaired) electrons. The van der Waals surface area contributed by atoms with Crippen LogP contribution in [-0.2, 0) is 16.3 Å². The monoisotopic (exact) mass is 308 g/mol. The summed E-state index contributed by atoms with van der Waals surface area (Å²) in [5, 5.41) is 0. The first-order valence-corrected chi connectivity index (χ1v) is 7.54. The Morgan fingerprint density at radius 2 is 1.90 bits per heavy atom. The first kappa shape index (κ1) is 13.4. The molecule has 0 unspecified atom stereocenters. The average Bonchev–Trinajstić information content (AvgIpc) is 2.49. The van der Waals surface area contributed by atoms with Crippen LogP contribution in [0.3, 0.4) is 0 Å². The van der Waals surface area contributed by atoms with Crippen molar-refractivity contribution in [1.82, 2.24) is 9.97 Å². The van der Waals surface area contributed by atoms with Gasteiger partial charge in [0.25, 0.3) is 0 Å². The number of alkyl halides is 3. The van der Waals surface area contributed by atoms with E-state index < -0.39 is 21.9 Å². The predicted octanol–water partition coefficient (Wildman–Crippen LogP) is 0.387. The lowest BCUT2D eigenvalue weighted by atomic mass is 10.00. The topological polar surface area (TPSA) is 89.2 Å². The van der Waals surface area contributed by atoms with Gasteiger partial charge in [-0.15, -0.1) is 0 Å². The van der Waals surface area contributed by atoms with Gasteiger partial charge in [0.15, 0.2) is 15.7 Å². The molecule has 0 amide bonds. The standard InChI is InChI=1S/C10H11F3N4O2S/c11-10(12,13)5-3-17(4-5)8-7-6(15-9(14)16-8)1-2-20(7,18)19/h5H,1-4H2,(H2,14,15,16). The normalized spacial score (nSPS) is 21.6. The maximum atomic E-state index is 12.5. The van der Waals surface area contributed by atoms with Gasteiger partial charge in [-0.05, 0) is 0 Å². The summed E-state index contributed by atoms with van der Waals surface area (Å²) in [6.07, 6.45) is -4.06. The Morgan fingerprint density at radius 1 is 1.25 bits per heavy atom. The summed E-state index contributed by atoms with van der Waals surface area (Å²) in [5.74, 6) is -1.68. The highest BCUT2D eigenvalue weighted by molar-refractivity contribution is 7.91. The van der Waals surface area contributed by atoms with Crippen molar-refractivity contribution in [2.45, 2.75) is 17.5 Å². The van der Waals surface area contributed by atoms with Gasteiger partial charge in [-0.2, -0.15) is 18.2 Å². The fourth-order valence-electron chi connectivity index (χ4n) is 2.40. The quantitative estimate of drug-likeness (QED) is 0.807. The van der Waals surface area contributed by atoms with Crippen LogP contribution < -0.4 is 10.6 Å². The molecule has 6 nitrogen and oxygen atoms in total. The van der Waals surface area contributed by atoms with E-state index in [1.165, 1.54) is 4.90 Å². The highest BCUT2D eigenvalue weighted by atomic mass is 32.2. The Bertz CT molecular complexity index is 668. The molecule has 10 heteroatoms. The number of rotatable bonds is 1. The zero-order chi connectivity index (χ0) is 14.7. The van der Waals surface area contributed by atoms with Gasteiger partial charge in [-0.25, -0.2) is 13.4 Å². The van der Waals surface area contributed by atoms with Crippen LogP contribution in [0.25, 0.3) is 0 Å². The Labute approximate surface area is 112 Å². The number of aryl methyl sites for hydroxylation is 1. The average molecular weight is 308 g/mol.